The van der Waals surface area contributed by atoms with Crippen LogP contribution in [-0.2, 0) is 0 Å². The van der Waals surface area contributed by atoms with Crippen molar-refractivity contribution in [2.45, 2.75) is 19.4 Å². The van der Waals surface area contributed by atoms with E-state index in [0.29, 0.717) is 5.92 Å². The Morgan fingerprint density at radius 1 is 1.41 bits per heavy atom. The van der Waals surface area contributed by atoms with Gasteiger partial charge >= 0.3 is 0 Å². The first-order chi connectivity index (χ1) is 8.10. The maximum atomic E-state index is 6.33. The van der Waals surface area contributed by atoms with Gasteiger partial charge in [-0.2, -0.15) is 0 Å². The van der Waals surface area contributed by atoms with Crippen LogP contribution in [0.5, 0.6) is 0 Å². The zero-order valence-corrected chi connectivity index (χ0v) is 11.0. The monoisotopic (exact) mass is 247 g/mol. The van der Waals surface area contributed by atoms with E-state index in [4.69, 9.17) is 5.73 Å². The summed E-state index contributed by atoms with van der Waals surface area (Å²) in [6.45, 7) is 6.20. The summed E-state index contributed by atoms with van der Waals surface area (Å²) < 4.78 is 1.30. The molecule has 0 radical (unpaired) electrons. The summed E-state index contributed by atoms with van der Waals surface area (Å²) >= 11 is 1.76. The summed E-state index contributed by atoms with van der Waals surface area (Å²) in [4.78, 5) is 6.79. The molecule has 3 nitrogen and oxygen atoms in total. The summed E-state index contributed by atoms with van der Waals surface area (Å²) in [7, 11) is 0. The molecule has 17 heavy (non-hydrogen) atoms. The second kappa shape index (κ2) is 3.68. The number of fused-ring (bicyclic) bond motifs is 1. The van der Waals surface area contributed by atoms with Gasteiger partial charge in [-0.15, -0.1) is 11.3 Å². The van der Waals surface area contributed by atoms with Crippen LogP contribution in [0.3, 0.4) is 0 Å². The molecule has 0 amide bonds. The van der Waals surface area contributed by atoms with E-state index in [2.05, 4.69) is 41.2 Å². The standard InChI is InChI=1S/C13H17N3S/c1-9(2)13(14)7-16(8-13)12-10-4-6-17-11(10)3-5-15-12/h3-6,9H,7-8,14H2,1-2H3. The van der Waals surface area contributed by atoms with Gasteiger partial charge in [-0.25, -0.2) is 4.98 Å². The van der Waals surface area contributed by atoms with Crippen LogP contribution in [0.4, 0.5) is 5.82 Å². The lowest BCUT2D eigenvalue weighted by Crippen LogP contribution is -2.70. The number of pyridine rings is 1. The molecule has 2 N–H and O–H groups in total. The van der Waals surface area contributed by atoms with E-state index < -0.39 is 0 Å². The summed E-state index contributed by atoms with van der Waals surface area (Å²) in [5, 5.41) is 3.37. The number of nitrogens with zero attached hydrogens (tertiary/aromatic N) is 2. The Labute approximate surface area is 105 Å². The average molecular weight is 247 g/mol. The van der Waals surface area contributed by atoms with Crippen molar-refractivity contribution in [1.29, 1.82) is 0 Å². The van der Waals surface area contributed by atoms with Crippen LogP contribution in [0, 0.1) is 5.92 Å². The zero-order valence-electron chi connectivity index (χ0n) is 10.2. The fraction of sp³-hybridized carbons (Fsp3) is 0.462. The minimum Gasteiger partial charge on any atom is -0.352 e. The predicted molar refractivity (Wildman–Crippen MR) is 73.6 cm³/mol. The fourth-order valence-electron chi connectivity index (χ4n) is 2.31. The highest BCUT2D eigenvalue weighted by atomic mass is 32.1. The highest BCUT2D eigenvalue weighted by Gasteiger charge is 2.42. The molecule has 2 aromatic rings. The first kappa shape index (κ1) is 11.0. The molecule has 90 valence electrons. The second-order valence-corrected chi connectivity index (χ2v) is 6.16. The third kappa shape index (κ3) is 1.63. The van der Waals surface area contributed by atoms with Crippen molar-refractivity contribution in [3.63, 3.8) is 0 Å². The number of hydrogen-bond acceptors (Lipinski definition) is 4. The summed E-state index contributed by atoms with van der Waals surface area (Å²) in [6.07, 6.45) is 1.89. The first-order valence-electron chi connectivity index (χ1n) is 5.96. The number of hydrogen-bond donors (Lipinski definition) is 1. The van der Waals surface area contributed by atoms with E-state index in [-0.39, 0.29) is 5.54 Å². The molecule has 3 heterocycles. The average Bonchev–Trinajstić information content (AvgIpc) is 2.72. The Morgan fingerprint density at radius 3 is 2.88 bits per heavy atom. The molecular weight excluding hydrogens is 230 g/mol. The van der Waals surface area contributed by atoms with Crippen molar-refractivity contribution in [1.82, 2.24) is 4.98 Å². The van der Waals surface area contributed by atoms with Gasteiger partial charge in [0.05, 0.1) is 5.54 Å². The number of aromatic nitrogens is 1. The lowest BCUT2D eigenvalue weighted by Gasteiger charge is -2.51. The van der Waals surface area contributed by atoms with Crippen molar-refractivity contribution >= 4 is 27.2 Å². The van der Waals surface area contributed by atoms with Crippen molar-refractivity contribution < 1.29 is 0 Å². The maximum Gasteiger partial charge on any atom is 0.137 e. The van der Waals surface area contributed by atoms with Gasteiger partial charge in [0.15, 0.2) is 0 Å². The number of anilines is 1. The van der Waals surface area contributed by atoms with Crippen molar-refractivity contribution in [3.05, 3.63) is 23.7 Å². The Kier molecular flexibility index (Phi) is 2.38. The Bertz CT molecular complexity index is 540. The molecule has 0 spiro atoms. The highest BCUT2D eigenvalue weighted by Crippen LogP contribution is 2.35. The van der Waals surface area contributed by atoms with Gasteiger partial charge in [0.1, 0.15) is 5.82 Å². The molecule has 0 saturated carbocycles. The molecule has 2 aromatic heterocycles. The van der Waals surface area contributed by atoms with Crippen LogP contribution >= 0.6 is 11.3 Å². The number of nitrogens with two attached hydrogens (primary N) is 1. The van der Waals surface area contributed by atoms with Gasteiger partial charge in [0.2, 0.25) is 0 Å². The third-order valence-electron chi connectivity index (χ3n) is 3.78. The minimum absolute atomic E-state index is 0.0418. The van der Waals surface area contributed by atoms with Crippen LogP contribution in [0.2, 0.25) is 0 Å². The predicted octanol–water partition coefficient (Wildman–Crippen LogP) is 2.47. The van der Waals surface area contributed by atoms with Crippen molar-refractivity contribution in [3.8, 4) is 0 Å². The van der Waals surface area contributed by atoms with Gasteiger partial charge in [0.25, 0.3) is 0 Å². The van der Waals surface area contributed by atoms with Crippen LogP contribution < -0.4 is 10.6 Å². The lowest BCUT2D eigenvalue weighted by molar-refractivity contribution is 0.244. The van der Waals surface area contributed by atoms with Crippen LogP contribution in [0.15, 0.2) is 23.7 Å². The maximum absolute atomic E-state index is 6.33. The van der Waals surface area contributed by atoms with Crippen LogP contribution in [0.1, 0.15) is 13.8 Å². The second-order valence-electron chi connectivity index (χ2n) is 5.21. The molecule has 1 aliphatic heterocycles. The molecular formula is C13H17N3S. The number of thiophene rings is 1. The Hall–Kier alpha value is -1.13. The fourth-order valence-corrected chi connectivity index (χ4v) is 3.09. The summed E-state index contributed by atoms with van der Waals surface area (Å²) in [5.41, 5.74) is 6.28. The molecule has 1 fully saturated rings. The molecule has 1 saturated heterocycles. The van der Waals surface area contributed by atoms with Gasteiger partial charge in [-0.3, -0.25) is 0 Å². The van der Waals surface area contributed by atoms with Crippen molar-refractivity contribution in [2.75, 3.05) is 18.0 Å². The zero-order chi connectivity index (χ0) is 12.0. The number of rotatable bonds is 2. The van der Waals surface area contributed by atoms with Crippen molar-refractivity contribution in [2.24, 2.45) is 11.7 Å². The molecule has 0 bridgehead atoms. The minimum atomic E-state index is -0.0418. The molecule has 4 heteroatoms. The lowest BCUT2D eigenvalue weighted by atomic mass is 9.80. The van der Waals surface area contributed by atoms with E-state index in [1.165, 1.54) is 10.1 Å². The Balaban J connectivity index is 1.90. The molecule has 0 aliphatic carbocycles. The first-order valence-corrected chi connectivity index (χ1v) is 6.84. The van der Waals surface area contributed by atoms with Gasteiger partial charge < -0.3 is 10.6 Å². The van der Waals surface area contributed by atoms with Gasteiger partial charge in [-0.1, -0.05) is 13.8 Å². The molecule has 1 aliphatic rings. The summed E-state index contributed by atoms with van der Waals surface area (Å²) in [5.74, 6) is 1.60. The normalized spacial score (nSPS) is 18.7. The van der Waals surface area contributed by atoms with Crippen LogP contribution in [-0.4, -0.2) is 23.6 Å². The smallest absolute Gasteiger partial charge is 0.137 e. The molecule has 0 atom stereocenters. The summed E-state index contributed by atoms with van der Waals surface area (Å²) in [6, 6.07) is 4.22. The highest BCUT2D eigenvalue weighted by molar-refractivity contribution is 7.17. The van der Waals surface area contributed by atoms with Gasteiger partial charge in [-0.05, 0) is 23.4 Å². The van der Waals surface area contributed by atoms with E-state index >= 15 is 0 Å². The Morgan fingerprint density at radius 2 is 2.18 bits per heavy atom. The van der Waals surface area contributed by atoms with Crippen LogP contribution in [0.25, 0.3) is 10.1 Å². The SMILES string of the molecule is CC(C)C1(N)CN(c2nccc3sccc23)C1. The van der Waals surface area contributed by atoms with E-state index in [1.54, 1.807) is 11.3 Å². The third-order valence-corrected chi connectivity index (χ3v) is 4.66. The quantitative estimate of drug-likeness (QED) is 0.886. The van der Waals surface area contributed by atoms with E-state index in [0.717, 1.165) is 18.9 Å². The topological polar surface area (TPSA) is 42.1 Å². The molecule has 0 unspecified atom stereocenters. The van der Waals surface area contributed by atoms with Gasteiger partial charge in [0, 0.05) is 29.4 Å². The van der Waals surface area contributed by atoms with E-state index in [9.17, 15) is 0 Å². The molecule has 0 aromatic carbocycles. The largest absolute Gasteiger partial charge is 0.352 e. The molecule has 3 rings (SSSR count). The van der Waals surface area contributed by atoms with E-state index in [1.807, 2.05) is 6.20 Å².